The van der Waals surface area contributed by atoms with Gasteiger partial charge in [-0.15, -0.1) is 0 Å². The highest BCUT2D eigenvalue weighted by Crippen LogP contribution is 2.20. The van der Waals surface area contributed by atoms with Crippen LogP contribution in [0.2, 0.25) is 0 Å². The minimum absolute atomic E-state index is 0.0427. The molecule has 5 nitrogen and oxygen atoms in total. The Hall–Kier alpha value is -3.21. The van der Waals surface area contributed by atoms with Crippen molar-refractivity contribution < 1.29 is 4.79 Å². The first-order valence-electron chi connectivity index (χ1n) is 10.0. The van der Waals surface area contributed by atoms with Gasteiger partial charge in [0.2, 0.25) is 5.91 Å². The van der Waals surface area contributed by atoms with E-state index in [1.165, 1.54) is 11.6 Å². The van der Waals surface area contributed by atoms with Crippen LogP contribution in [0.4, 0.5) is 5.69 Å². The number of hydrogen-bond donors (Lipinski definition) is 2. The van der Waals surface area contributed by atoms with Gasteiger partial charge in [0.05, 0.1) is 0 Å². The number of benzene rings is 2. The number of aromatic amines is 1. The summed E-state index contributed by atoms with van der Waals surface area (Å²) in [4.78, 5) is 31.4. The second-order valence-electron chi connectivity index (χ2n) is 7.46. The number of aromatic nitrogens is 2. The van der Waals surface area contributed by atoms with Crippen LogP contribution in [0, 0.1) is 0 Å². The summed E-state index contributed by atoms with van der Waals surface area (Å²) in [6.07, 6.45) is 1.79. The van der Waals surface area contributed by atoms with Crippen molar-refractivity contribution >= 4 is 11.6 Å². The van der Waals surface area contributed by atoms with E-state index in [2.05, 4.69) is 53.4 Å². The first-order chi connectivity index (χ1) is 13.9. The molecular formula is C24H27N3O2. The quantitative estimate of drug-likeness (QED) is 0.615. The molecule has 1 heterocycles. The van der Waals surface area contributed by atoms with Gasteiger partial charge in [0, 0.05) is 29.4 Å². The highest BCUT2D eigenvalue weighted by Gasteiger charge is 2.08. The van der Waals surface area contributed by atoms with Crippen LogP contribution >= 0.6 is 0 Å². The lowest BCUT2D eigenvalue weighted by molar-refractivity contribution is -0.116. The lowest BCUT2D eigenvalue weighted by Crippen LogP contribution is -2.13. The Morgan fingerprint density at radius 3 is 2.55 bits per heavy atom. The molecule has 0 aliphatic rings. The molecule has 29 heavy (non-hydrogen) atoms. The Balaban J connectivity index is 1.64. The highest BCUT2D eigenvalue weighted by molar-refractivity contribution is 5.91. The molecule has 150 valence electrons. The second kappa shape index (κ2) is 9.32. The number of nitrogens with one attached hydrogen (secondary N) is 2. The second-order valence-corrected chi connectivity index (χ2v) is 7.46. The van der Waals surface area contributed by atoms with Gasteiger partial charge >= 0.3 is 0 Å². The number of carbonyl (C=O) groups excluding carboxylic acids is 1. The third-order valence-corrected chi connectivity index (χ3v) is 4.86. The van der Waals surface area contributed by atoms with E-state index in [4.69, 9.17) is 0 Å². The van der Waals surface area contributed by atoms with Crippen molar-refractivity contribution in [1.29, 1.82) is 0 Å². The topological polar surface area (TPSA) is 74.8 Å². The molecule has 2 N–H and O–H groups in total. The van der Waals surface area contributed by atoms with Crippen molar-refractivity contribution in [2.45, 2.75) is 46.0 Å². The predicted octanol–water partition coefficient (Wildman–Crippen LogP) is 4.69. The summed E-state index contributed by atoms with van der Waals surface area (Å²) in [6, 6.07) is 17.3. The molecule has 0 aliphatic heterocycles. The lowest BCUT2D eigenvalue weighted by Gasteiger charge is -2.09. The third kappa shape index (κ3) is 5.64. The number of rotatable bonds is 7. The Morgan fingerprint density at radius 1 is 1.10 bits per heavy atom. The van der Waals surface area contributed by atoms with E-state index in [0.717, 1.165) is 16.8 Å². The summed E-state index contributed by atoms with van der Waals surface area (Å²) in [5.41, 5.74) is 4.46. The SMILES string of the molecule is CCc1cc(=O)[nH]c(-c2cccc(NC(=O)CCc3ccc(C(C)C)cc3)c2)n1. The molecule has 1 amide bonds. The van der Waals surface area contributed by atoms with Crippen molar-refractivity contribution in [3.8, 4) is 11.4 Å². The number of nitrogens with zero attached hydrogens (tertiary/aromatic N) is 1. The number of H-pyrrole nitrogens is 1. The maximum absolute atomic E-state index is 12.4. The summed E-state index contributed by atoms with van der Waals surface area (Å²) < 4.78 is 0. The molecule has 0 fully saturated rings. The summed E-state index contributed by atoms with van der Waals surface area (Å²) in [5.74, 6) is 0.969. The summed E-state index contributed by atoms with van der Waals surface area (Å²) in [6.45, 7) is 6.29. The summed E-state index contributed by atoms with van der Waals surface area (Å²) in [5, 5.41) is 2.94. The first kappa shape index (κ1) is 20.5. The minimum Gasteiger partial charge on any atom is -0.326 e. The number of hydrogen-bond acceptors (Lipinski definition) is 3. The van der Waals surface area contributed by atoms with Crippen molar-refractivity contribution in [3.63, 3.8) is 0 Å². The van der Waals surface area contributed by atoms with E-state index in [-0.39, 0.29) is 11.5 Å². The summed E-state index contributed by atoms with van der Waals surface area (Å²) >= 11 is 0. The summed E-state index contributed by atoms with van der Waals surface area (Å²) in [7, 11) is 0. The maximum atomic E-state index is 12.4. The Labute approximate surface area is 171 Å². The fraction of sp³-hybridized carbons (Fsp3) is 0.292. The Bertz CT molecular complexity index is 1040. The van der Waals surface area contributed by atoms with Crippen LogP contribution in [0.1, 0.15) is 49.9 Å². The molecule has 0 saturated carbocycles. The monoisotopic (exact) mass is 389 g/mol. The van der Waals surface area contributed by atoms with Crippen molar-refractivity contribution in [2.75, 3.05) is 5.32 Å². The molecule has 0 bridgehead atoms. The van der Waals surface area contributed by atoms with Crippen molar-refractivity contribution in [1.82, 2.24) is 9.97 Å². The van der Waals surface area contributed by atoms with E-state index >= 15 is 0 Å². The molecule has 0 unspecified atom stereocenters. The smallest absolute Gasteiger partial charge is 0.251 e. The standard InChI is InChI=1S/C24H27N3O2/c1-4-20-15-23(29)27-24(26-20)19-6-5-7-21(14-19)25-22(28)13-10-17-8-11-18(12-9-17)16(2)3/h5-9,11-12,14-16H,4,10,13H2,1-3H3,(H,25,28)(H,26,27,29). The van der Waals surface area contributed by atoms with Crippen LogP contribution in [0.15, 0.2) is 59.4 Å². The van der Waals surface area contributed by atoms with Crippen molar-refractivity contribution in [2.24, 2.45) is 0 Å². The van der Waals surface area contributed by atoms with E-state index < -0.39 is 0 Å². The average Bonchev–Trinajstić information content (AvgIpc) is 2.72. The minimum atomic E-state index is -0.176. The molecule has 0 saturated heterocycles. The number of aryl methyl sites for hydroxylation is 2. The Kier molecular flexibility index (Phi) is 6.60. The van der Waals surface area contributed by atoms with E-state index in [0.29, 0.717) is 36.7 Å². The maximum Gasteiger partial charge on any atom is 0.251 e. The van der Waals surface area contributed by atoms with Crippen LogP contribution in [0.25, 0.3) is 11.4 Å². The van der Waals surface area contributed by atoms with Gasteiger partial charge in [-0.05, 0) is 42.0 Å². The van der Waals surface area contributed by atoms with Gasteiger partial charge in [-0.25, -0.2) is 4.98 Å². The van der Waals surface area contributed by atoms with Gasteiger partial charge in [0.25, 0.3) is 5.56 Å². The van der Waals surface area contributed by atoms with E-state index in [1.54, 1.807) is 0 Å². The molecule has 2 aromatic carbocycles. The fourth-order valence-corrected chi connectivity index (χ4v) is 3.12. The molecule has 3 rings (SSSR count). The predicted molar refractivity (Wildman–Crippen MR) is 117 cm³/mol. The zero-order chi connectivity index (χ0) is 20.8. The van der Waals surface area contributed by atoms with Gasteiger partial charge < -0.3 is 10.3 Å². The molecule has 0 atom stereocenters. The number of amides is 1. The van der Waals surface area contributed by atoms with E-state index in [1.807, 2.05) is 31.2 Å². The molecule has 0 spiro atoms. The van der Waals surface area contributed by atoms with Crippen LogP contribution in [-0.4, -0.2) is 15.9 Å². The van der Waals surface area contributed by atoms with Crippen molar-refractivity contribution in [3.05, 3.63) is 81.8 Å². The number of carbonyl (C=O) groups is 1. The van der Waals surface area contributed by atoms with Gasteiger partial charge in [-0.2, -0.15) is 0 Å². The molecule has 1 aromatic heterocycles. The molecule has 3 aromatic rings. The Morgan fingerprint density at radius 2 is 1.86 bits per heavy atom. The fourth-order valence-electron chi connectivity index (χ4n) is 3.12. The average molecular weight is 389 g/mol. The normalized spacial score (nSPS) is 10.9. The first-order valence-corrected chi connectivity index (χ1v) is 10.0. The van der Waals surface area contributed by atoms with Crippen LogP contribution in [0.5, 0.6) is 0 Å². The third-order valence-electron chi connectivity index (χ3n) is 4.86. The zero-order valence-corrected chi connectivity index (χ0v) is 17.2. The largest absolute Gasteiger partial charge is 0.326 e. The van der Waals surface area contributed by atoms with E-state index in [9.17, 15) is 9.59 Å². The van der Waals surface area contributed by atoms with Gasteiger partial charge in [0.1, 0.15) is 5.82 Å². The van der Waals surface area contributed by atoms with Crippen LogP contribution in [-0.2, 0) is 17.6 Å². The molecule has 5 heteroatoms. The molecular weight excluding hydrogens is 362 g/mol. The van der Waals surface area contributed by atoms with Crippen LogP contribution < -0.4 is 10.9 Å². The molecule has 0 radical (unpaired) electrons. The van der Waals surface area contributed by atoms with Gasteiger partial charge in [-0.1, -0.05) is 57.2 Å². The highest BCUT2D eigenvalue weighted by atomic mass is 16.1. The number of anilines is 1. The van der Waals surface area contributed by atoms with Gasteiger partial charge in [-0.3, -0.25) is 9.59 Å². The van der Waals surface area contributed by atoms with Crippen LogP contribution in [0.3, 0.4) is 0 Å². The van der Waals surface area contributed by atoms with Gasteiger partial charge in [0.15, 0.2) is 0 Å². The molecule has 0 aliphatic carbocycles. The zero-order valence-electron chi connectivity index (χ0n) is 17.2. The lowest BCUT2D eigenvalue weighted by atomic mass is 10.0.